The van der Waals surface area contributed by atoms with Crippen LogP contribution in [0.1, 0.15) is 12.8 Å². The van der Waals surface area contributed by atoms with E-state index in [0.717, 1.165) is 6.54 Å². The highest BCUT2D eigenvalue weighted by atomic mass is 35.5. The highest BCUT2D eigenvalue weighted by Crippen LogP contribution is 2.37. The van der Waals surface area contributed by atoms with Crippen molar-refractivity contribution in [2.45, 2.75) is 13.5 Å². The van der Waals surface area contributed by atoms with Crippen LogP contribution in [0.2, 0.25) is 5.02 Å². The molecular formula is C13H17ClN4O3. The van der Waals surface area contributed by atoms with Crippen LogP contribution >= 0.6 is 11.6 Å². The van der Waals surface area contributed by atoms with Gasteiger partial charge in [0, 0.05) is 12.1 Å². The van der Waals surface area contributed by atoms with Gasteiger partial charge in [0.1, 0.15) is 11.5 Å². The summed E-state index contributed by atoms with van der Waals surface area (Å²) in [5.74, 6) is 1.57. The number of ether oxygens (including phenoxy) is 2. The van der Waals surface area contributed by atoms with Crippen molar-refractivity contribution in [1.29, 1.82) is 0 Å². The lowest BCUT2D eigenvalue weighted by Gasteiger charge is -2.11. The fourth-order valence-electron chi connectivity index (χ4n) is 1.68. The molecule has 0 spiro atoms. The molecule has 2 aromatic rings. The Kier molecular flexibility index (Phi) is 5.24. The maximum Gasteiger partial charge on any atom is 0.320 e. The maximum atomic E-state index is 6.05. The zero-order valence-electron chi connectivity index (χ0n) is 12.1. The first-order valence-corrected chi connectivity index (χ1v) is 6.77. The molecule has 0 fully saturated rings. The average molecular weight is 313 g/mol. The molecule has 2 N–H and O–H groups in total. The minimum Gasteiger partial charge on any atom is -0.495 e. The molecule has 114 valence electrons. The molecule has 0 aliphatic rings. The van der Waals surface area contributed by atoms with Crippen molar-refractivity contribution in [2.24, 2.45) is 0 Å². The van der Waals surface area contributed by atoms with E-state index in [2.05, 4.69) is 20.8 Å². The van der Waals surface area contributed by atoms with Gasteiger partial charge in [-0.3, -0.25) is 0 Å². The summed E-state index contributed by atoms with van der Waals surface area (Å²) in [5, 5.41) is 14.4. The second kappa shape index (κ2) is 7.14. The van der Waals surface area contributed by atoms with E-state index >= 15 is 0 Å². The lowest BCUT2D eigenvalue weighted by molar-refractivity contribution is 0.404. The van der Waals surface area contributed by atoms with E-state index in [9.17, 15) is 0 Å². The van der Waals surface area contributed by atoms with Gasteiger partial charge in [0.05, 0.1) is 31.5 Å². The molecule has 0 aliphatic heterocycles. The van der Waals surface area contributed by atoms with Crippen molar-refractivity contribution in [3.63, 3.8) is 0 Å². The van der Waals surface area contributed by atoms with Crippen LogP contribution in [-0.4, -0.2) is 31.0 Å². The van der Waals surface area contributed by atoms with E-state index < -0.39 is 0 Å². The summed E-state index contributed by atoms with van der Waals surface area (Å²) in [6.45, 7) is 3.35. The number of benzene rings is 1. The number of aromatic nitrogens is 2. The standard InChI is InChI=1S/C13H17ClN4O3/c1-4-15-7-12-17-18-13(21-12)16-9-6-10(19-2)8(14)5-11(9)20-3/h5-6,15H,4,7H2,1-3H3,(H,16,18). The van der Waals surface area contributed by atoms with Crippen molar-refractivity contribution in [3.8, 4) is 11.5 Å². The first kappa shape index (κ1) is 15.4. The zero-order valence-corrected chi connectivity index (χ0v) is 12.8. The number of nitrogens with zero attached hydrogens (tertiary/aromatic N) is 2. The highest BCUT2D eigenvalue weighted by molar-refractivity contribution is 6.32. The molecular weight excluding hydrogens is 296 g/mol. The SMILES string of the molecule is CCNCc1nnc(Nc2cc(OC)c(Cl)cc2OC)o1. The topological polar surface area (TPSA) is 81.4 Å². The molecule has 1 aromatic heterocycles. The Hall–Kier alpha value is -1.99. The third-order valence-electron chi connectivity index (χ3n) is 2.71. The van der Waals surface area contributed by atoms with Gasteiger partial charge < -0.3 is 24.5 Å². The molecule has 21 heavy (non-hydrogen) atoms. The molecule has 0 aliphatic carbocycles. The van der Waals surface area contributed by atoms with Crippen LogP contribution in [0.4, 0.5) is 11.7 Å². The normalized spacial score (nSPS) is 10.5. The molecule has 0 saturated carbocycles. The summed E-state index contributed by atoms with van der Waals surface area (Å²) in [6.07, 6.45) is 0. The Morgan fingerprint density at radius 1 is 1.19 bits per heavy atom. The van der Waals surface area contributed by atoms with Gasteiger partial charge in [-0.1, -0.05) is 23.6 Å². The minimum atomic E-state index is 0.269. The number of halogens is 1. The van der Waals surface area contributed by atoms with Gasteiger partial charge in [0.2, 0.25) is 5.89 Å². The zero-order chi connectivity index (χ0) is 15.2. The van der Waals surface area contributed by atoms with Crippen LogP contribution in [0.3, 0.4) is 0 Å². The Morgan fingerprint density at radius 3 is 2.62 bits per heavy atom. The van der Waals surface area contributed by atoms with E-state index in [1.807, 2.05) is 6.92 Å². The van der Waals surface area contributed by atoms with Crippen molar-refractivity contribution in [1.82, 2.24) is 15.5 Å². The largest absolute Gasteiger partial charge is 0.495 e. The van der Waals surface area contributed by atoms with Crippen LogP contribution < -0.4 is 20.1 Å². The molecule has 0 bridgehead atoms. The van der Waals surface area contributed by atoms with Crippen LogP contribution in [-0.2, 0) is 6.54 Å². The molecule has 2 rings (SSSR count). The Bertz CT molecular complexity index is 603. The summed E-state index contributed by atoms with van der Waals surface area (Å²) in [6, 6.07) is 3.62. The van der Waals surface area contributed by atoms with E-state index in [1.165, 1.54) is 0 Å². The number of anilines is 2. The molecule has 0 atom stereocenters. The smallest absolute Gasteiger partial charge is 0.320 e. The number of hydrogen-bond donors (Lipinski definition) is 2. The third-order valence-corrected chi connectivity index (χ3v) is 3.00. The highest BCUT2D eigenvalue weighted by Gasteiger charge is 2.13. The minimum absolute atomic E-state index is 0.269. The summed E-state index contributed by atoms with van der Waals surface area (Å²) in [7, 11) is 3.09. The Labute approximate surface area is 127 Å². The summed E-state index contributed by atoms with van der Waals surface area (Å²) in [4.78, 5) is 0. The fourth-order valence-corrected chi connectivity index (χ4v) is 1.91. The number of hydrogen-bond acceptors (Lipinski definition) is 7. The monoisotopic (exact) mass is 312 g/mol. The van der Waals surface area contributed by atoms with Crippen molar-refractivity contribution in [2.75, 3.05) is 26.1 Å². The third kappa shape index (κ3) is 3.77. The van der Waals surface area contributed by atoms with E-state index in [4.69, 9.17) is 25.5 Å². The Morgan fingerprint density at radius 2 is 1.95 bits per heavy atom. The van der Waals surface area contributed by atoms with Gasteiger partial charge in [-0.2, -0.15) is 0 Å². The van der Waals surface area contributed by atoms with Crippen LogP contribution in [0, 0.1) is 0 Å². The molecule has 1 heterocycles. The fraction of sp³-hybridized carbons (Fsp3) is 0.385. The predicted octanol–water partition coefficient (Wildman–Crippen LogP) is 2.59. The molecule has 0 unspecified atom stereocenters. The molecule has 0 saturated heterocycles. The van der Waals surface area contributed by atoms with E-state index in [1.54, 1.807) is 26.4 Å². The predicted molar refractivity (Wildman–Crippen MR) is 79.5 cm³/mol. The van der Waals surface area contributed by atoms with Gasteiger partial charge in [0.15, 0.2) is 0 Å². The Balaban J connectivity index is 2.19. The van der Waals surface area contributed by atoms with Crippen molar-refractivity contribution in [3.05, 3.63) is 23.0 Å². The van der Waals surface area contributed by atoms with Crippen LogP contribution in [0.15, 0.2) is 16.5 Å². The number of nitrogens with one attached hydrogen (secondary N) is 2. The lowest BCUT2D eigenvalue weighted by Crippen LogP contribution is -2.11. The summed E-state index contributed by atoms with van der Waals surface area (Å²) in [5.41, 5.74) is 0.623. The van der Waals surface area contributed by atoms with Gasteiger partial charge in [0.25, 0.3) is 0 Å². The molecule has 1 aromatic carbocycles. The van der Waals surface area contributed by atoms with Crippen LogP contribution in [0.25, 0.3) is 0 Å². The van der Waals surface area contributed by atoms with E-state index in [-0.39, 0.29) is 6.01 Å². The first-order chi connectivity index (χ1) is 10.2. The maximum absolute atomic E-state index is 6.05. The van der Waals surface area contributed by atoms with E-state index in [0.29, 0.717) is 34.6 Å². The molecule has 8 heteroatoms. The lowest BCUT2D eigenvalue weighted by atomic mass is 10.2. The van der Waals surface area contributed by atoms with Crippen LogP contribution in [0.5, 0.6) is 11.5 Å². The molecule has 0 radical (unpaired) electrons. The average Bonchev–Trinajstić information content (AvgIpc) is 2.94. The van der Waals surface area contributed by atoms with Gasteiger partial charge in [-0.15, -0.1) is 5.10 Å². The first-order valence-electron chi connectivity index (χ1n) is 6.39. The second-order valence-electron chi connectivity index (χ2n) is 4.09. The summed E-state index contributed by atoms with van der Waals surface area (Å²) < 4.78 is 15.9. The van der Waals surface area contributed by atoms with Crippen molar-refractivity contribution < 1.29 is 13.9 Å². The molecule has 0 amide bonds. The summed E-state index contributed by atoms with van der Waals surface area (Å²) >= 11 is 6.05. The number of rotatable bonds is 7. The quantitative estimate of drug-likeness (QED) is 0.813. The van der Waals surface area contributed by atoms with Gasteiger partial charge in [-0.05, 0) is 6.54 Å². The second-order valence-corrected chi connectivity index (χ2v) is 4.50. The number of methoxy groups -OCH3 is 2. The van der Waals surface area contributed by atoms with Gasteiger partial charge >= 0.3 is 6.01 Å². The van der Waals surface area contributed by atoms with Gasteiger partial charge in [-0.25, -0.2) is 0 Å². The molecule has 7 nitrogen and oxygen atoms in total. The van der Waals surface area contributed by atoms with Crippen molar-refractivity contribution >= 4 is 23.3 Å².